The zero-order chi connectivity index (χ0) is 48.4. The van der Waals surface area contributed by atoms with Gasteiger partial charge in [0.15, 0.2) is 0 Å². The fourth-order valence-electron chi connectivity index (χ4n) is 6.89. The summed E-state index contributed by atoms with van der Waals surface area (Å²) in [6.07, 6.45) is -15.6. The Morgan fingerprint density at radius 2 is 0.969 bits per heavy atom. The SMILES string of the molecule is Cc1cc(C2=NC[C@@](c3cc(Cl)cc(Cl)c3)(C(F)(F)F)C2)ccc1C(=O)O.Cc1cc(C2=NC[C@@](c3cc(Cl)cc(Cl)c3)(C(F)(F)F)C2)ccc1C(=O)OC(C)(C)C.O=CC(F)(F)F. The lowest BCUT2D eigenvalue weighted by Gasteiger charge is -2.31. The summed E-state index contributed by atoms with van der Waals surface area (Å²) >= 11 is 23.8. The fraction of sp³-hybridized carbons (Fsp3) is 0.341. The molecule has 0 bridgehead atoms. The third-order valence-corrected chi connectivity index (χ3v) is 10.9. The highest BCUT2D eigenvalue weighted by Crippen LogP contribution is 2.50. The Labute approximate surface area is 381 Å². The van der Waals surface area contributed by atoms with Gasteiger partial charge in [0.1, 0.15) is 16.4 Å². The highest BCUT2D eigenvalue weighted by Gasteiger charge is 2.59. The summed E-state index contributed by atoms with van der Waals surface area (Å²) in [7, 11) is 0. The van der Waals surface area contributed by atoms with Crippen LogP contribution >= 0.6 is 46.4 Å². The molecular weight excluding hydrogens is 949 g/mol. The zero-order valence-electron chi connectivity index (χ0n) is 34.2. The molecule has 4 aromatic carbocycles. The van der Waals surface area contributed by atoms with Gasteiger partial charge in [0.25, 0.3) is 0 Å². The summed E-state index contributed by atoms with van der Waals surface area (Å²) in [5.74, 6) is -1.58. The number of benzene rings is 4. The summed E-state index contributed by atoms with van der Waals surface area (Å²) in [5, 5.41) is 9.62. The smallest absolute Gasteiger partial charge is 0.446 e. The number of halogens is 13. The third kappa shape index (κ3) is 12.4. The Morgan fingerprint density at radius 1 is 0.625 bits per heavy atom. The Hall–Kier alpha value is -4.64. The quantitative estimate of drug-likeness (QED) is 0.118. The fourth-order valence-corrected chi connectivity index (χ4v) is 7.94. The first-order chi connectivity index (χ1) is 29.3. The molecule has 64 heavy (non-hydrogen) atoms. The van der Waals surface area contributed by atoms with Gasteiger partial charge in [-0.2, -0.15) is 39.5 Å². The van der Waals surface area contributed by atoms with Crippen LogP contribution in [0.15, 0.2) is 82.8 Å². The summed E-state index contributed by atoms with van der Waals surface area (Å²) < 4.78 is 122. The van der Waals surface area contributed by atoms with E-state index in [1.807, 2.05) is 0 Å². The molecule has 2 aliphatic rings. The number of aryl methyl sites for hydroxylation is 2. The Morgan fingerprint density at radius 3 is 1.25 bits per heavy atom. The van der Waals surface area contributed by atoms with Crippen molar-refractivity contribution in [1.29, 1.82) is 0 Å². The molecule has 0 amide bonds. The van der Waals surface area contributed by atoms with E-state index in [9.17, 15) is 49.1 Å². The number of aromatic carboxylic acids is 1. The highest BCUT2D eigenvalue weighted by molar-refractivity contribution is 6.35. The number of carbonyl (C=O) groups is 3. The molecule has 0 fully saturated rings. The minimum atomic E-state index is -4.64. The first-order valence-electron chi connectivity index (χ1n) is 18.7. The molecule has 0 radical (unpaired) electrons. The second-order valence-corrected chi connectivity index (χ2v) is 17.6. The molecule has 2 atom stereocenters. The van der Waals surface area contributed by atoms with E-state index in [2.05, 4.69) is 9.98 Å². The van der Waals surface area contributed by atoms with E-state index in [4.69, 9.17) is 61.0 Å². The summed E-state index contributed by atoms with van der Waals surface area (Å²) in [4.78, 5) is 40.6. The average Bonchev–Trinajstić information content (AvgIpc) is 3.82. The summed E-state index contributed by atoms with van der Waals surface area (Å²) in [6.45, 7) is 7.65. The van der Waals surface area contributed by atoms with Crippen molar-refractivity contribution in [3.8, 4) is 0 Å². The van der Waals surface area contributed by atoms with E-state index in [1.54, 1.807) is 58.9 Å². The first kappa shape index (κ1) is 52.0. The molecule has 1 N–H and O–H groups in total. The number of hydrogen-bond acceptors (Lipinski definition) is 6. The molecule has 7 nitrogen and oxygen atoms in total. The van der Waals surface area contributed by atoms with Crippen LogP contribution < -0.4 is 0 Å². The molecular formula is C44H37Cl4F9N2O5. The number of rotatable bonds is 6. The number of nitrogens with zero attached hydrogens (tertiary/aromatic N) is 2. The Kier molecular flexibility index (Phi) is 15.8. The van der Waals surface area contributed by atoms with E-state index >= 15 is 0 Å². The topological polar surface area (TPSA) is 105 Å². The molecule has 4 aromatic rings. The molecule has 344 valence electrons. The lowest BCUT2D eigenvalue weighted by molar-refractivity contribution is -0.184. The average molecular weight is 987 g/mol. The molecule has 0 spiro atoms. The van der Waals surface area contributed by atoms with Crippen LogP contribution in [0, 0.1) is 13.8 Å². The number of alkyl halides is 9. The molecule has 0 saturated carbocycles. The minimum absolute atomic E-state index is 0.0154. The van der Waals surface area contributed by atoms with E-state index in [0.717, 1.165) is 0 Å². The van der Waals surface area contributed by atoms with Gasteiger partial charge in [-0.05, 0) is 129 Å². The molecule has 20 heteroatoms. The molecule has 0 unspecified atom stereocenters. The van der Waals surface area contributed by atoms with Crippen molar-refractivity contribution < 1.29 is 63.7 Å². The number of esters is 1. The van der Waals surface area contributed by atoms with Gasteiger partial charge in [-0.15, -0.1) is 0 Å². The van der Waals surface area contributed by atoms with Crippen molar-refractivity contribution in [2.75, 3.05) is 13.1 Å². The first-order valence-corrected chi connectivity index (χ1v) is 20.2. The second kappa shape index (κ2) is 19.4. The normalized spacial score (nSPS) is 18.8. The number of aliphatic imine (C=N–C) groups is 2. The van der Waals surface area contributed by atoms with Crippen molar-refractivity contribution in [1.82, 2.24) is 0 Å². The van der Waals surface area contributed by atoms with Crippen LogP contribution in [0.2, 0.25) is 20.1 Å². The summed E-state index contributed by atoms with van der Waals surface area (Å²) in [6, 6.07) is 17.1. The number of carboxylic acids is 1. The Bertz CT molecular complexity index is 2460. The predicted molar refractivity (Wildman–Crippen MR) is 227 cm³/mol. The van der Waals surface area contributed by atoms with Crippen LogP contribution in [-0.2, 0) is 20.4 Å². The van der Waals surface area contributed by atoms with E-state index in [1.165, 1.54) is 48.5 Å². The van der Waals surface area contributed by atoms with Gasteiger partial charge in [-0.3, -0.25) is 14.8 Å². The summed E-state index contributed by atoms with van der Waals surface area (Å²) in [5.41, 5.74) is -2.04. The van der Waals surface area contributed by atoms with Gasteiger partial charge in [-0.1, -0.05) is 58.5 Å². The minimum Gasteiger partial charge on any atom is -0.478 e. The van der Waals surface area contributed by atoms with Crippen LogP contribution in [0.3, 0.4) is 0 Å². The van der Waals surface area contributed by atoms with Crippen molar-refractivity contribution in [3.63, 3.8) is 0 Å². The van der Waals surface area contributed by atoms with Gasteiger partial charge < -0.3 is 9.84 Å². The van der Waals surface area contributed by atoms with Crippen LogP contribution in [0.1, 0.15) is 87.7 Å². The van der Waals surface area contributed by atoms with E-state index in [-0.39, 0.29) is 55.3 Å². The third-order valence-electron chi connectivity index (χ3n) is 10.0. The van der Waals surface area contributed by atoms with Crippen LogP contribution in [-0.4, -0.2) is 72.0 Å². The monoisotopic (exact) mass is 984 g/mol. The molecule has 0 aromatic heterocycles. The lowest BCUT2D eigenvalue weighted by atomic mass is 9.76. The maximum atomic E-state index is 14.2. The van der Waals surface area contributed by atoms with Crippen molar-refractivity contribution in [2.24, 2.45) is 9.98 Å². The van der Waals surface area contributed by atoms with Gasteiger partial charge in [0, 0.05) is 44.4 Å². The van der Waals surface area contributed by atoms with Crippen LogP contribution in [0.5, 0.6) is 0 Å². The molecule has 2 heterocycles. The number of carboxylic acid groups (broad SMARTS) is 1. The number of hydrogen-bond donors (Lipinski definition) is 1. The van der Waals surface area contributed by atoms with Crippen molar-refractivity contribution >= 4 is 76.1 Å². The maximum absolute atomic E-state index is 14.2. The zero-order valence-corrected chi connectivity index (χ0v) is 37.2. The molecule has 0 aliphatic carbocycles. The van der Waals surface area contributed by atoms with Gasteiger partial charge >= 0.3 is 30.5 Å². The van der Waals surface area contributed by atoms with Gasteiger partial charge in [0.2, 0.25) is 6.29 Å². The number of aldehydes is 1. The second-order valence-electron chi connectivity index (χ2n) is 15.9. The molecule has 0 saturated heterocycles. The standard InChI is InChI=1S/C23H22Cl2F3NO2.C19H14Cl2F3NO2.C2HF3O/c1-13-7-14(5-6-18(13)20(30)31-21(2,3)4)19-11-22(12-29-19,23(26,27)28)15-8-16(24)10-17(25)9-15;1-10-4-11(2-3-15(10)17(26)27)16-8-18(9-25-16,19(22,23)24)12-5-13(20)7-14(21)6-12;3-2(4,5)1-6/h5-10H,11-12H2,1-4H3;2-7H,8-9H2,1H3,(H,26,27);1H/t22-;18-;/m00./s1. The lowest BCUT2D eigenvalue weighted by Crippen LogP contribution is -2.43. The number of ether oxygens (including phenoxy) is 1. The highest BCUT2D eigenvalue weighted by atomic mass is 35.5. The van der Waals surface area contributed by atoms with Gasteiger partial charge in [0.05, 0.1) is 24.2 Å². The van der Waals surface area contributed by atoms with Crippen LogP contribution in [0.25, 0.3) is 0 Å². The van der Waals surface area contributed by atoms with E-state index < -0.39 is 66.3 Å². The van der Waals surface area contributed by atoms with Gasteiger partial charge in [-0.25, -0.2) is 9.59 Å². The largest absolute Gasteiger partial charge is 0.478 e. The predicted octanol–water partition coefficient (Wildman–Crippen LogP) is 13.4. The van der Waals surface area contributed by atoms with Crippen LogP contribution in [0.4, 0.5) is 39.5 Å². The van der Waals surface area contributed by atoms with Crippen molar-refractivity contribution in [3.05, 3.63) is 137 Å². The van der Waals surface area contributed by atoms with Crippen molar-refractivity contribution in [2.45, 2.75) is 82.4 Å². The Balaban J connectivity index is 0.000000251. The maximum Gasteiger partial charge on any atom is 0.446 e. The molecule has 2 aliphatic heterocycles. The number of carbonyl (C=O) groups excluding carboxylic acids is 2. The van der Waals surface area contributed by atoms with E-state index in [0.29, 0.717) is 33.5 Å². The molecule has 6 rings (SSSR count).